The second-order valence-electron chi connectivity index (χ2n) is 4.75. The van der Waals surface area contributed by atoms with E-state index in [2.05, 4.69) is 5.32 Å². The monoisotopic (exact) mass is 297 g/mol. The van der Waals surface area contributed by atoms with E-state index in [4.69, 9.17) is 5.73 Å². The van der Waals surface area contributed by atoms with Crippen LogP contribution in [-0.4, -0.2) is 44.0 Å². The summed E-state index contributed by atoms with van der Waals surface area (Å²) in [6.07, 6.45) is 0.653. The van der Waals surface area contributed by atoms with Crippen LogP contribution in [0.15, 0.2) is 30.3 Å². The van der Waals surface area contributed by atoms with Crippen molar-refractivity contribution in [2.75, 3.05) is 25.4 Å². The van der Waals surface area contributed by atoms with Crippen molar-refractivity contribution in [1.82, 2.24) is 9.62 Å². The molecule has 0 bridgehead atoms. The van der Waals surface area contributed by atoms with E-state index in [9.17, 15) is 13.2 Å². The van der Waals surface area contributed by atoms with Crippen LogP contribution in [-0.2, 0) is 14.8 Å². The summed E-state index contributed by atoms with van der Waals surface area (Å²) in [5.74, 6) is -0.0995. The maximum absolute atomic E-state index is 11.9. The first kappa shape index (κ1) is 15.0. The van der Waals surface area contributed by atoms with Crippen molar-refractivity contribution in [3.05, 3.63) is 35.9 Å². The van der Waals surface area contributed by atoms with Crippen LogP contribution in [0.1, 0.15) is 18.0 Å². The van der Waals surface area contributed by atoms with Gasteiger partial charge in [0.05, 0.1) is 5.75 Å². The molecule has 1 atom stereocenters. The molecule has 0 radical (unpaired) electrons. The molecule has 110 valence electrons. The van der Waals surface area contributed by atoms with Crippen LogP contribution in [0.4, 0.5) is 0 Å². The molecule has 7 heteroatoms. The molecule has 3 N–H and O–H groups in total. The van der Waals surface area contributed by atoms with Gasteiger partial charge in [0.15, 0.2) is 0 Å². The summed E-state index contributed by atoms with van der Waals surface area (Å²) >= 11 is 0. The number of nitrogens with zero attached hydrogens (tertiary/aromatic N) is 1. The number of hydrogen-bond acceptors (Lipinski definition) is 4. The Morgan fingerprint density at radius 3 is 2.65 bits per heavy atom. The number of nitrogens with one attached hydrogen (secondary N) is 1. The Morgan fingerprint density at radius 1 is 1.35 bits per heavy atom. The zero-order valence-corrected chi connectivity index (χ0v) is 12.0. The van der Waals surface area contributed by atoms with E-state index >= 15 is 0 Å². The van der Waals surface area contributed by atoms with E-state index in [0.29, 0.717) is 19.5 Å². The smallest absolute Gasteiger partial charge is 0.241 e. The topological polar surface area (TPSA) is 92.5 Å². The van der Waals surface area contributed by atoms with Gasteiger partial charge in [0.1, 0.15) is 6.04 Å². The molecule has 0 spiro atoms. The fraction of sp³-hybridized carbons (Fsp3) is 0.462. The summed E-state index contributed by atoms with van der Waals surface area (Å²) in [5, 5.41) is 2.68. The van der Waals surface area contributed by atoms with Gasteiger partial charge >= 0.3 is 0 Å². The largest absolute Gasteiger partial charge is 0.353 e. The minimum atomic E-state index is -3.11. The van der Waals surface area contributed by atoms with E-state index < -0.39 is 16.1 Å². The van der Waals surface area contributed by atoms with Crippen LogP contribution in [0.25, 0.3) is 0 Å². The lowest BCUT2D eigenvalue weighted by molar-refractivity contribution is -0.122. The predicted octanol–water partition coefficient (Wildman–Crippen LogP) is -0.162. The number of carbonyl (C=O) groups is 1. The lowest BCUT2D eigenvalue weighted by atomic mass is 10.1. The van der Waals surface area contributed by atoms with Crippen molar-refractivity contribution in [2.24, 2.45) is 5.73 Å². The molecule has 1 amide bonds. The number of carbonyl (C=O) groups excluding carboxylic acids is 1. The Balaban J connectivity index is 1.81. The van der Waals surface area contributed by atoms with Gasteiger partial charge in [0.25, 0.3) is 0 Å². The minimum absolute atomic E-state index is 0.199. The van der Waals surface area contributed by atoms with E-state index in [1.807, 2.05) is 18.2 Å². The molecule has 0 saturated carbocycles. The molecule has 1 saturated heterocycles. The standard InChI is InChI=1S/C13H19N3O3S/c14-12(11-5-2-1-3-6-11)13(17)15-7-9-16-8-4-10-20(16,18)19/h1-3,5-6,12H,4,7-10,14H2,(H,15,17). The molecule has 2 rings (SSSR count). The van der Waals surface area contributed by atoms with Crippen LogP contribution in [0.2, 0.25) is 0 Å². The van der Waals surface area contributed by atoms with Gasteiger partial charge in [0.2, 0.25) is 15.9 Å². The summed E-state index contributed by atoms with van der Waals surface area (Å²) in [6, 6.07) is 8.33. The molecule has 0 aliphatic carbocycles. The fourth-order valence-electron chi connectivity index (χ4n) is 2.17. The van der Waals surface area contributed by atoms with Crippen LogP contribution < -0.4 is 11.1 Å². The van der Waals surface area contributed by atoms with E-state index in [-0.39, 0.29) is 18.2 Å². The number of rotatable bonds is 5. The summed E-state index contributed by atoms with van der Waals surface area (Å²) in [6.45, 7) is 1.11. The lowest BCUT2D eigenvalue weighted by Crippen LogP contribution is -2.39. The molecular weight excluding hydrogens is 278 g/mol. The molecule has 6 nitrogen and oxygen atoms in total. The normalized spacial score (nSPS) is 19.6. The third-order valence-corrected chi connectivity index (χ3v) is 5.26. The Hall–Kier alpha value is -1.44. The van der Waals surface area contributed by atoms with Crippen molar-refractivity contribution in [3.63, 3.8) is 0 Å². The molecule has 1 fully saturated rings. The summed E-state index contributed by atoms with van der Waals surface area (Å²) in [5.41, 5.74) is 6.58. The predicted molar refractivity (Wildman–Crippen MR) is 76.4 cm³/mol. The number of benzene rings is 1. The Morgan fingerprint density at radius 2 is 2.05 bits per heavy atom. The third kappa shape index (κ3) is 3.56. The highest BCUT2D eigenvalue weighted by Gasteiger charge is 2.27. The van der Waals surface area contributed by atoms with Crippen molar-refractivity contribution in [1.29, 1.82) is 0 Å². The van der Waals surface area contributed by atoms with Crippen LogP contribution in [0, 0.1) is 0 Å². The molecule has 1 aromatic carbocycles. The van der Waals surface area contributed by atoms with Crippen molar-refractivity contribution < 1.29 is 13.2 Å². The second kappa shape index (κ2) is 6.34. The van der Waals surface area contributed by atoms with Crippen molar-refractivity contribution in [2.45, 2.75) is 12.5 Å². The highest BCUT2D eigenvalue weighted by Crippen LogP contribution is 2.12. The SMILES string of the molecule is NC(C(=O)NCCN1CCCS1(=O)=O)c1ccccc1. The van der Waals surface area contributed by atoms with Gasteiger partial charge in [-0.2, -0.15) is 0 Å². The lowest BCUT2D eigenvalue weighted by Gasteiger charge is -2.16. The van der Waals surface area contributed by atoms with Crippen LogP contribution in [0.3, 0.4) is 0 Å². The maximum Gasteiger partial charge on any atom is 0.241 e. The second-order valence-corrected chi connectivity index (χ2v) is 6.84. The fourth-order valence-corrected chi connectivity index (χ4v) is 3.70. The molecule has 1 unspecified atom stereocenters. The zero-order valence-electron chi connectivity index (χ0n) is 11.2. The zero-order chi connectivity index (χ0) is 14.6. The van der Waals surface area contributed by atoms with Crippen LogP contribution in [0.5, 0.6) is 0 Å². The molecule has 0 aromatic heterocycles. The van der Waals surface area contributed by atoms with E-state index in [0.717, 1.165) is 5.56 Å². The van der Waals surface area contributed by atoms with Crippen molar-refractivity contribution in [3.8, 4) is 0 Å². The van der Waals surface area contributed by atoms with Gasteiger partial charge < -0.3 is 11.1 Å². The van der Waals surface area contributed by atoms with Gasteiger partial charge in [-0.1, -0.05) is 30.3 Å². The number of sulfonamides is 1. The molecule has 20 heavy (non-hydrogen) atoms. The Kier molecular flexibility index (Phi) is 4.74. The first-order valence-corrected chi connectivity index (χ1v) is 8.18. The third-order valence-electron chi connectivity index (χ3n) is 3.30. The van der Waals surface area contributed by atoms with E-state index in [1.165, 1.54) is 4.31 Å². The van der Waals surface area contributed by atoms with Gasteiger partial charge in [-0.15, -0.1) is 0 Å². The molecule has 1 aliphatic rings. The first-order valence-electron chi connectivity index (χ1n) is 6.57. The molecule has 1 aromatic rings. The van der Waals surface area contributed by atoms with Crippen molar-refractivity contribution >= 4 is 15.9 Å². The number of nitrogens with two attached hydrogens (primary N) is 1. The van der Waals surface area contributed by atoms with Crippen LogP contribution >= 0.6 is 0 Å². The average Bonchev–Trinajstić information content (AvgIpc) is 2.78. The maximum atomic E-state index is 11.9. The summed E-state index contributed by atoms with van der Waals surface area (Å²) < 4.78 is 24.6. The first-order chi connectivity index (χ1) is 9.50. The summed E-state index contributed by atoms with van der Waals surface area (Å²) in [4.78, 5) is 11.9. The molecule has 1 heterocycles. The highest BCUT2D eigenvalue weighted by molar-refractivity contribution is 7.89. The van der Waals surface area contributed by atoms with Gasteiger partial charge in [-0.25, -0.2) is 12.7 Å². The average molecular weight is 297 g/mol. The number of amides is 1. The van der Waals surface area contributed by atoms with Gasteiger partial charge in [-0.05, 0) is 12.0 Å². The number of hydrogen-bond donors (Lipinski definition) is 2. The van der Waals surface area contributed by atoms with Gasteiger partial charge in [0, 0.05) is 19.6 Å². The molecular formula is C13H19N3O3S. The molecule has 1 aliphatic heterocycles. The Labute approximate surface area is 119 Å². The quantitative estimate of drug-likeness (QED) is 0.790. The minimum Gasteiger partial charge on any atom is -0.353 e. The Bertz CT molecular complexity index is 559. The van der Waals surface area contributed by atoms with E-state index in [1.54, 1.807) is 12.1 Å². The van der Waals surface area contributed by atoms with Gasteiger partial charge in [-0.3, -0.25) is 4.79 Å². The summed E-state index contributed by atoms with van der Waals surface area (Å²) in [7, 11) is -3.11. The highest BCUT2D eigenvalue weighted by atomic mass is 32.2.